The molecule has 0 aliphatic heterocycles. The molecule has 0 spiro atoms. The van der Waals surface area contributed by atoms with Crippen molar-refractivity contribution in [1.29, 1.82) is 0 Å². The SMILES string of the molecule is CCC(O)CCC[C@H]1CCC2C3CCC4CC(O)CC[C@]4(C)C3CCC21C. The van der Waals surface area contributed by atoms with Gasteiger partial charge in [0.2, 0.25) is 0 Å². The maximum absolute atomic E-state index is 10.2. The molecule has 9 atom stereocenters. The van der Waals surface area contributed by atoms with Gasteiger partial charge in [-0.1, -0.05) is 27.2 Å². The van der Waals surface area contributed by atoms with Crippen LogP contribution in [0.4, 0.5) is 0 Å². The highest BCUT2D eigenvalue weighted by Gasteiger charge is 2.59. The maximum Gasteiger partial charge on any atom is 0.0543 e. The molecule has 4 fully saturated rings. The van der Waals surface area contributed by atoms with Crippen LogP contribution in [0.5, 0.6) is 0 Å². The zero-order valence-corrected chi connectivity index (χ0v) is 18.1. The molecule has 0 aromatic rings. The van der Waals surface area contributed by atoms with Crippen molar-refractivity contribution in [2.75, 3.05) is 0 Å². The summed E-state index contributed by atoms with van der Waals surface area (Å²) < 4.78 is 0. The van der Waals surface area contributed by atoms with E-state index in [4.69, 9.17) is 0 Å². The zero-order chi connectivity index (χ0) is 19.2. The van der Waals surface area contributed by atoms with E-state index in [2.05, 4.69) is 20.8 Å². The van der Waals surface area contributed by atoms with E-state index in [1.807, 2.05) is 0 Å². The van der Waals surface area contributed by atoms with Gasteiger partial charge in [0.15, 0.2) is 0 Å². The van der Waals surface area contributed by atoms with Gasteiger partial charge < -0.3 is 10.2 Å². The normalized spacial score (nSPS) is 50.6. The van der Waals surface area contributed by atoms with Gasteiger partial charge in [-0.2, -0.15) is 0 Å². The lowest BCUT2D eigenvalue weighted by molar-refractivity contribution is -0.127. The van der Waals surface area contributed by atoms with Crippen molar-refractivity contribution in [1.82, 2.24) is 0 Å². The summed E-state index contributed by atoms with van der Waals surface area (Å²) in [5.74, 6) is 4.49. The van der Waals surface area contributed by atoms with E-state index in [0.717, 1.165) is 55.3 Å². The molecular formula is C25H44O2. The van der Waals surface area contributed by atoms with Gasteiger partial charge in [-0.15, -0.1) is 0 Å². The van der Waals surface area contributed by atoms with E-state index < -0.39 is 0 Å². The second-order valence-electron chi connectivity index (χ2n) is 11.4. The Morgan fingerprint density at radius 1 is 0.926 bits per heavy atom. The number of hydrogen-bond acceptors (Lipinski definition) is 2. The molecule has 27 heavy (non-hydrogen) atoms. The van der Waals surface area contributed by atoms with E-state index in [9.17, 15) is 10.2 Å². The fourth-order valence-electron chi connectivity index (χ4n) is 8.62. The standard InChI is InChI=1S/C25H44O2/c1-4-19(26)7-5-6-17-9-11-22-21-10-8-18-16-20(27)12-14-25(18,3)23(21)13-15-24(17,22)2/h17-23,26-27H,4-16H2,1-3H3/t17-,18?,19?,20?,21?,22?,23?,24?,25-/m0/s1. The summed E-state index contributed by atoms with van der Waals surface area (Å²) in [4.78, 5) is 0. The van der Waals surface area contributed by atoms with Gasteiger partial charge in [-0.3, -0.25) is 0 Å². The third-order valence-corrected chi connectivity index (χ3v) is 10.4. The van der Waals surface area contributed by atoms with Crippen molar-refractivity contribution in [2.24, 2.45) is 40.4 Å². The quantitative estimate of drug-likeness (QED) is 0.622. The number of aliphatic hydroxyl groups is 2. The minimum Gasteiger partial charge on any atom is -0.393 e. The topological polar surface area (TPSA) is 40.5 Å². The van der Waals surface area contributed by atoms with Gasteiger partial charge in [0, 0.05) is 0 Å². The van der Waals surface area contributed by atoms with Gasteiger partial charge in [0.1, 0.15) is 0 Å². The molecule has 0 aromatic heterocycles. The molecule has 2 nitrogen and oxygen atoms in total. The molecule has 0 amide bonds. The summed E-state index contributed by atoms with van der Waals surface area (Å²) in [5, 5.41) is 20.1. The minimum absolute atomic E-state index is 0.0252. The Balaban J connectivity index is 1.44. The summed E-state index contributed by atoms with van der Waals surface area (Å²) in [7, 11) is 0. The Labute approximate surface area is 167 Å². The lowest BCUT2D eigenvalue weighted by atomic mass is 9.44. The fourth-order valence-corrected chi connectivity index (χ4v) is 8.62. The van der Waals surface area contributed by atoms with E-state index >= 15 is 0 Å². The van der Waals surface area contributed by atoms with Crippen molar-refractivity contribution < 1.29 is 10.2 Å². The highest BCUT2D eigenvalue weighted by molar-refractivity contribution is 5.09. The van der Waals surface area contributed by atoms with Crippen LogP contribution in [0.25, 0.3) is 0 Å². The summed E-state index contributed by atoms with van der Waals surface area (Å²) in [6, 6.07) is 0. The first-order chi connectivity index (χ1) is 12.9. The Morgan fingerprint density at radius 2 is 1.67 bits per heavy atom. The molecule has 4 saturated carbocycles. The van der Waals surface area contributed by atoms with Crippen LogP contribution in [0, 0.1) is 40.4 Å². The van der Waals surface area contributed by atoms with Crippen LogP contribution < -0.4 is 0 Å². The molecule has 0 heterocycles. The van der Waals surface area contributed by atoms with Crippen LogP contribution in [0.1, 0.15) is 104 Å². The Morgan fingerprint density at radius 3 is 2.44 bits per heavy atom. The summed E-state index contributed by atoms with van der Waals surface area (Å²) >= 11 is 0. The van der Waals surface area contributed by atoms with E-state index in [1.54, 1.807) is 0 Å². The third kappa shape index (κ3) is 3.41. The monoisotopic (exact) mass is 376 g/mol. The molecule has 0 bridgehead atoms. The Bertz CT molecular complexity index is 518. The number of aliphatic hydroxyl groups excluding tert-OH is 2. The second kappa shape index (κ2) is 7.63. The molecule has 156 valence electrons. The smallest absolute Gasteiger partial charge is 0.0543 e. The maximum atomic E-state index is 10.2. The molecule has 0 aromatic carbocycles. The molecule has 2 heteroatoms. The first-order valence-corrected chi connectivity index (χ1v) is 12.2. The lowest BCUT2D eigenvalue weighted by Crippen LogP contribution is -2.53. The van der Waals surface area contributed by atoms with Crippen LogP contribution >= 0.6 is 0 Å². The number of rotatable bonds is 5. The van der Waals surface area contributed by atoms with E-state index in [1.165, 1.54) is 57.8 Å². The van der Waals surface area contributed by atoms with Gasteiger partial charge in [0.05, 0.1) is 12.2 Å². The average molecular weight is 377 g/mol. The predicted molar refractivity (Wildman–Crippen MR) is 111 cm³/mol. The first-order valence-electron chi connectivity index (χ1n) is 12.2. The van der Waals surface area contributed by atoms with Crippen LogP contribution in [0.15, 0.2) is 0 Å². The summed E-state index contributed by atoms with van der Waals surface area (Å²) in [6.07, 6.45) is 16.3. The van der Waals surface area contributed by atoms with Gasteiger partial charge >= 0.3 is 0 Å². The molecule has 4 rings (SSSR count). The molecule has 4 aliphatic carbocycles. The van der Waals surface area contributed by atoms with E-state index in [-0.39, 0.29) is 12.2 Å². The zero-order valence-electron chi connectivity index (χ0n) is 18.1. The first kappa shape index (κ1) is 20.2. The van der Waals surface area contributed by atoms with Gasteiger partial charge in [-0.05, 0) is 117 Å². The highest BCUT2D eigenvalue weighted by Crippen LogP contribution is 2.67. The van der Waals surface area contributed by atoms with Crippen molar-refractivity contribution in [2.45, 2.75) is 116 Å². The predicted octanol–water partition coefficient (Wildman–Crippen LogP) is 5.95. The molecule has 0 radical (unpaired) electrons. The van der Waals surface area contributed by atoms with Crippen molar-refractivity contribution >= 4 is 0 Å². The van der Waals surface area contributed by atoms with Crippen LogP contribution in [0.2, 0.25) is 0 Å². The van der Waals surface area contributed by atoms with Crippen LogP contribution in [0.3, 0.4) is 0 Å². The lowest BCUT2D eigenvalue weighted by Gasteiger charge is -2.61. The average Bonchev–Trinajstić information content (AvgIpc) is 2.99. The molecule has 0 saturated heterocycles. The molecular weight excluding hydrogens is 332 g/mol. The number of fused-ring (bicyclic) bond motifs is 5. The Kier molecular flexibility index (Phi) is 5.71. The third-order valence-electron chi connectivity index (χ3n) is 10.4. The minimum atomic E-state index is -0.0809. The highest BCUT2D eigenvalue weighted by atomic mass is 16.3. The van der Waals surface area contributed by atoms with Crippen molar-refractivity contribution in [3.05, 3.63) is 0 Å². The second-order valence-corrected chi connectivity index (χ2v) is 11.4. The van der Waals surface area contributed by atoms with E-state index in [0.29, 0.717) is 10.8 Å². The Hall–Kier alpha value is -0.0800. The number of hydrogen-bond donors (Lipinski definition) is 2. The summed E-state index contributed by atoms with van der Waals surface area (Å²) in [5.41, 5.74) is 1.07. The molecule has 4 aliphatic rings. The largest absolute Gasteiger partial charge is 0.393 e. The molecule has 2 N–H and O–H groups in total. The van der Waals surface area contributed by atoms with Gasteiger partial charge in [0.25, 0.3) is 0 Å². The summed E-state index contributed by atoms with van der Waals surface area (Å²) in [6.45, 7) is 7.34. The van der Waals surface area contributed by atoms with Crippen LogP contribution in [-0.4, -0.2) is 22.4 Å². The fraction of sp³-hybridized carbons (Fsp3) is 1.00. The van der Waals surface area contributed by atoms with Crippen molar-refractivity contribution in [3.63, 3.8) is 0 Å². The van der Waals surface area contributed by atoms with Crippen molar-refractivity contribution in [3.8, 4) is 0 Å². The van der Waals surface area contributed by atoms with Gasteiger partial charge in [-0.25, -0.2) is 0 Å². The molecule has 7 unspecified atom stereocenters. The van der Waals surface area contributed by atoms with Crippen LogP contribution in [-0.2, 0) is 0 Å².